The van der Waals surface area contributed by atoms with Crippen LogP contribution in [0.4, 0.5) is 0 Å². The van der Waals surface area contributed by atoms with Crippen molar-refractivity contribution in [3.05, 3.63) is 23.7 Å². The summed E-state index contributed by atoms with van der Waals surface area (Å²) in [5.74, 6) is 1.61. The van der Waals surface area contributed by atoms with Gasteiger partial charge in [0.2, 0.25) is 0 Å². The fraction of sp³-hybridized carbons (Fsp3) is 0.667. The fourth-order valence-electron chi connectivity index (χ4n) is 2.33. The van der Waals surface area contributed by atoms with Gasteiger partial charge in [0.15, 0.2) is 0 Å². The van der Waals surface area contributed by atoms with E-state index >= 15 is 0 Å². The van der Waals surface area contributed by atoms with E-state index in [4.69, 9.17) is 16.0 Å². The van der Waals surface area contributed by atoms with Gasteiger partial charge in [0.1, 0.15) is 5.76 Å². The summed E-state index contributed by atoms with van der Waals surface area (Å²) in [4.78, 5) is 0. The Kier molecular flexibility index (Phi) is 3.18. The van der Waals surface area contributed by atoms with Crippen LogP contribution >= 0.6 is 27.5 Å². The third-order valence-electron chi connectivity index (χ3n) is 3.46. The molecule has 1 saturated carbocycles. The molecule has 0 radical (unpaired) electrons. The molecular weight excluding hydrogens is 275 g/mol. The number of furan rings is 1. The van der Waals surface area contributed by atoms with Crippen molar-refractivity contribution in [1.82, 2.24) is 0 Å². The zero-order valence-corrected chi connectivity index (χ0v) is 11.4. The highest BCUT2D eigenvalue weighted by atomic mass is 79.9. The van der Waals surface area contributed by atoms with Gasteiger partial charge in [-0.25, -0.2) is 0 Å². The summed E-state index contributed by atoms with van der Waals surface area (Å²) in [6.07, 6.45) is 5.11. The summed E-state index contributed by atoms with van der Waals surface area (Å²) in [6.45, 7) is 4.21. The van der Waals surface area contributed by atoms with Gasteiger partial charge in [-0.05, 0) is 50.7 Å². The first-order valence-corrected chi connectivity index (χ1v) is 6.60. The normalized spacial score (nSPS) is 36.8. The molecule has 1 aliphatic carbocycles. The van der Waals surface area contributed by atoms with Gasteiger partial charge in [-0.3, -0.25) is 0 Å². The first-order valence-electron chi connectivity index (χ1n) is 5.37. The highest BCUT2D eigenvalue weighted by Crippen LogP contribution is 2.45. The van der Waals surface area contributed by atoms with Gasteiger partial charge >= 0.3 is 0 Å². The molecule has 1 aromatic rings. The van der Waals surface area contributed by atoms with E-state index in [0.29, 0.717) is 5.92 Å². The van der Waals surface area contributed by atoms with Crippen LogP contribution in [0.2, 0.25) is 0 Å². The monoisotopic (exact) mass is 290 g/mol. The molecule has 3 heteroatoms. The lowest BCUT2D eigenvalue weighted by Crippen LogP contribution is -2.35. The average Bonchev–Trinajstić information content (AvgIpc) is 2.57. The lowest BCUT2D eigenvalue weighted by Gasteiger charge is -2.37. The third kappa shape index (κ3) is 2.26. The SMILES string of the molecule is Cc1occc1[C@H]1CC[C@@](C)(Br)[C@H](Cl)C1. The highest BCUT2D eigenvalue weighted by Gasteiger charge is 2.37. The zero-order chi connectivity index (χ0) is 11.1. The van der Waals surface area contributed by atoms with Crippen LogP contribution < -0.4 is 0 Å². The van der Waals surface area contributed by atoms with Gasteiger partial charge < -0.3 is 4.42 Å². The lowest BCUT2D eigenvalue weighted by molar-refractivity contribution is 0.387. The quantitative estimate of drug-likeness (QED) is 0.688. The molecule has 0 saturated heterocycles. The van der Waals surface area contributed by atoms with Crippen molar-refractivity contribution in [2.24, 2.45) is 0 Å². The minimum Gasteiger partial charge on any atom is -0.469 e. The molecule has 84 valence electrons. The predicted molar refractivity (Wildman–Crippen MR) is 67.0 cm³/mol. The van der Waals surface area contributed by atoms with Crippen LogP contribution in [-0.4, -0.2) is 9.70 Å². The molecule has 1 aliphatic rings. The van der Waals surface area contributed by atoms with E-state index in [1.807, 2.05) is 6.92 Å². The number of hydrogen-bond donors (Lipinski definition) is 0. The first-order chi connectivity index (χ1) is 7.00. The Hall–Kier alpha value is 0.0500. The number of alkyl halides is 2. The molecule has 15 heavy (non-hydrogen) atoms. The molecule has 2 rings (SSSR count). The molecule has 0 unspecified atom stereocenters. The second kappa shape index (κ2) is 4.14. The van der Waals surface area contributed by atoms with Crippen LogP contribution in [0.1, 0.15) is 43.4 Å². The summed E-state index contributed by atoms with van der Waals surface area (Å²) < 4.78 is 5.45. The van der Waals surface area contributed by atoms with E-state index < -0.39 is 0 Å². The Bertz CT molecular complexity index is 345. The lowest BCUT2D eigenvalue weighted by atomic mass is 9.79. The van der Waals surface area contributed by atoms with Crippen molar-refractivity contribution in [2.45, 2.75) is 48.7 Å². The van der Waals surface area contributed by atoms with Crippen LogP contribution in [0, 0.1) is 6.92 Å². The van der Waals surface area contributed by atoms with Crippen LogP contribution in [0.15, 0.2) is 16.7 Å². The maximum atomic E-state index is 6.39. The number of rotatable bonds is 1. The van der Waals surface area contributed by atoms with E-state index in [-0.39, 0.29) is 9.70 Å². The summed E-state index contributed by atoms with van der Waals surface area (Å²) in [7, 11) is 0. The van der Waals surface area contributed by atoms with Gasteiger partial charge in [0.25, 0.3) is 0 Å². The summed E-state index contributed by atoms with van der Waals surface area (Å²) in [5.41, 5.74) is 1.34. The number of hydrogen-bond acceptors (Lipinski definition) is 1. The first kappa shape index (κ1) is 11.5. The van der Waals surface area contributed by atoms with Crippen molar-refractivity contribution in [3.8, 4) is 0 Å². The second-order valence-electron chi connectivity index (χ2n) is 4.65. The Morgan fingerprint density at radius 2 is 2.33 bits per heavy atom. The van der Waals surface area contributed by atoms with E-state index in [0.717, 1.165) is 18.6 Å². The van der Waals surface area contributed by atoms with E-state index in [1.165, 1.54) is 12.0 Å². The maximum Gasteiger partial charge on any atom is 0.104 e. The minimum absolute atomic E-state index is 0.0999. The van der Waals surface area contributed by atoms with Gasteiger partial charge in [-0.15, -0.1) is 11.6 Å². The smallest absolute Gasteiger partial charge is 0.104 e. The van der Waals surface area contributed by atoms with Crippen LogP contribution in [-0.2, 0) is 0 Å². The molecule has 0 N–H and O–H groups in total. The molecule has 0 aromatic carbocycles. The van der Waals surface area contributed by atoms with E-state index in [9.17, 15) is 0 Å². The summed E-state index contributed by atoms with van der Waals surface area (Å²) in [5, 5.41) is 0.200. The third-order valence-corrected chi connectivity index (χ3v) is 5.34. The summed E-state index contributed by atoms with van der Waals surface area (Å²) >= 11 is 10.1. The van der Waals surface area contributed by atoms with Crippen molar-refractivity contribution in [3.63, 3.8) is 0 Å². The summed E-state index contributed by atoms with van der Waals surface area (Å²) in [6, 6.07) is 2.08. The van der Waals surface area contributed by atoms with Gasteiger partial charge in [0, 0.05) is 9.70 Å². The maximum absolute atomic E-state index is 6.39. The van der Waals surface area contributed by atoms with Gasteiger partial charge in [-0.2, -0.15) is 0 Å². The van der Waals surface area contributed by atoms with Gasteiger partial charge in [-0.1, -0.05) is 15.9 Å². The second-order valence-corrected chi connectivity index (χ2v) is 6.99. The van der Waals surface area contributed by atoms with E-state index in [1.54, 1.807) is 6.26 Å². The molecule has 0 spiro atoms. The Morgan fingerprint density at radius 3 is 2.87 bits per heavy atom. The van der Waals surface area contributed by atoms with E-state index in [2.05, 4.69) is 28.9 Å². The average molecular weight is 292 g/mol. The molecule has 3 atom stereocenters. The molecule has 1 heterocycles. The van der Waals surface area contributed by atoms with Crippen molar-refractivity contribution in [1.29, 1.82) is 0 Å². The van der Waals surface area contributed by atoms with Crippen LogP contribution in [0.5, 0.6) is 0 Å². The molecule has 0 amide bonds. The van der Waals surface area contributed by atoms with Crippen molar-refractivity contribution in [2.75, 3.05) is 0 Å². The number of aryl methyl sites for hydroxylation is 1. The molecule has 0 aliphatic heterocycles. The fourth-order valence-corrected chi connectivity index (χ4v) is 3.07. The molecular formula is C12H16BrClO. The van der Waals surface area contributed by atoms with Gasteiger partial charge in [0.05, 0.1) is 6.26 Å². The van der Waals surface area contributed by atoms with Crippen molar-refractivity contribution < 1.29 is 4.42 Å². The Labute approximate surface area is 104 Å². The molecule has 1 fully saturated rings. The standard InChI is InChI=1S/C12H16BrClO/c1-8-10(4-6-15-8)9-3-5-12(2,13)11(14)7-9/h4,6,9,11H,3,5,7H2,1-2H3/t9-,11+,12+/m0/s1. The largest absolute Gasteiger partial charge is 0.469 e. The minimum atomic E-state index is 0.0999. The van der Waals surface area contributed by atoms with Crippen LogP contribution in [0.3, 0.4) is 0 Å². The topological polar surface area (TPSA) is 13.1 Å². The Balaban J connectivity index is 2.13. The molecule has 1 aromatic heterocycles. The highest BCUT2D eigenvalue weighted by molar-refractivity contribution is 9.10. The number of halogens is 2. The van der Waals surface area contributed by atoms with Crippen LogP contribution in [0.25, 0.3) is 0 Å². The molecule has 1 nitrogen and oxygen atoms in total. The van der Waals surface area contributed by atoms with Crippen molar-refractivity contribution >= 4 is 27.5 Å². The predicted octanol–water partition coefficient (Wildman–Crippen LogP) is 4.62. The Morgan fingerprint density at radius 1 is 1.60 bits per heavy atom. The molecule has 0 bridgehead atoms. The zero-order valence-electron chi connectivity index (χ0n) is 9.09.